The molecule has 124 valence electrons. The van der Waals surface area contributed by atoms with Crippen molar-refractivity contribution in [2.75, 3.05) is 0 Å². The molecule has 2 aromatic carbocycles. The molecular weight excluding hydrogens is 332 g/mol. The standard InChI is InChI=1S/C15H8F4N2O3/c16-7-3-1-4-8(17)11(7)13(22)20-15(24)21-14(23)12-9(18)5-2-6-10(12)19/h1-6H,(H2,20,21,22,23,24). The summed E-state index contributed by atoms with van der Waals surface area (Å²) in [5.74, 6) is -7.85. The van der Waals surface area contributed by atoms with Crippen molar-refractivity contribution in [2.45, 2.75) is 0 Å². The van der Waals surface area contributed by atoms with Crippen molar-refractivity contribution in [1.29, 1.82) is 0 Å². The summed E-state index contributed by atoms with van der Waals surface area (Å²) in [5, 5.41) is 2.97. The van der Waals surface area contributed by atoms with Crippen LogP contribution in [0.15, 0.2) is 36.4 Å². The van der Waals surface area contributed by atoms with Crippen molar-refractivity contribution in [2.24, 2.45) is 0 Å². The minimum absolute atomic E-state index is 0.787. The highest BCUT2D eigenvalue weighted by molar-refractivity contribution is 6.11. The molecule has 0 radical (unpaired) electrons. The maximum Gasteiger partial charge on any atom is 0.328 e. The molecule has 0 heterocycles. The molecule has 5 nitrogen and oxygen atoms in total. The van der Waals surface area contributed by atoms with Crippen LogP contribution in [0.25, 0.3) is 0 Å². The first-order chi connectivity index (χ1) is 11.3. The summed E-state index contributed by atoms with van der Waals surface area (Å²) in [6.45, 7) is 0. The van der Waals surface area contributed by atoms with Gasteiger partial charge in [0.15, 0.2) is 0 Å². The molecule has 0 unspecified atom stereocenters. The van der Waals surface area contributed by atoms with Crippen molar-refractivity contribution >= 4 is 17.8 Å². The molecule has 9 heteroatoms. The Morgan fingerprint density at radius 2 is 0.917 bits per heavy atom. The van der Waals surface area contributed by atoms with Crippen molar-refractivity contribution in [3.63, 3.8) is 0 Å². The molecule has 24 heavy (non-hydrogen) atoms. The van der Waals surface area contributed by atoms with Crippen LogP contribution in [0.2, 0.25) is 0 Å². The number of carbonyl (C=O) groups excluding carboxylic acids is 3. The third kappa shape index (κ3) is 3.57. The van der Waals surface area contributed by atoms with E-state index in [9.17, 15) is 31.9 Å². The monoisotopic (exact) mass is 340 g/mol. The van der Waals surface area contributed by atoms with E-state index in [0.29, 0.717) is 0 Å². The lowest BCUT2D eigenvalue weighted by Gasteiger charge is -2.08. The van der Waals surface area contributed by atoms with Crippen molar-refractivity contribution < 1.29 is 31.9 Å². The van der Waals surface area contributed by atoms with Crippen LogP contribution in [0.3, 0.4) is 0 Å². The molecule has 0 aliphatic rings. The maximum atomic E-state index is 13.4. The Morgan fingerprint density at radius 1 is 0.625 bits per heavy atom. The van der Waals surface area contributed by atoms with Crippen LogP contribution in [0.4, 0.5) is 22.4 Å². The second kappa shape index (κ2) is 6.90. The maximum absolute atomic E-state index is 13.4. The van der Waals surface area contributed by atoms with Gasteiger partial charge in [0.05, 0.1) is 0 Å². The predicted molar refractivity (Wildman–Crippen MR) is 73.0 cm³/mol. The normalized spacial score (nSPS) is 10.2. The highest BCUT2D eigenvalue weighted by atomic mass is 19.1. The molecule has 2 aromatic rings. The van der Waals surface area contributed by atoms with E-state index in [4.69, 9.17) is 0 Å². The fourth-order valence-corrected chi connectivity index (χ4v) is 1.79. The molecule has 0 aliphatic carbocycles. The van der Waals surface area contributed by atoms with E-state index in [1.54, 1.807) is 0 Å². The van der Waals surface area contributed by atoms with E-state index in [1.165, 1.54) is 10.6 Å². The molecule has 0 saturated heterocycles. The highest BCUT2D eigenvalue weighted by Gasteiger charge is 2.22. The summed E-state index contributed by atoms with van der Waals surface area (Å²) in [6, 6.07) is 3.66. The van der Waals surface area contributed by atoms with Crippen LogP contribution < -0.4 is 10.6 Å². The van der Waals surface area contributed by atoms with Crippen molar-refractivity contribution in [3.8, 4) is 0 Å². The number of hydrogen-bond donors (Lipinski definition) is 2. The number of nitrogens with one attached hydrogen (secondary N) is 2. The number of halogens is 4. The van der Waals surface area contributed by atoms with Gasteiger partial charge in [0.2, 0.25) is 0 Å². The Kier molecular flexibility index (Phi) is 4.93. The second-order valence-corrected chi connectivity index (χ2v) is 4.43. The van der Waals surface area contributed by atoms with Crippen LogP contribution in [0.1, 0.15) is 20.7 Å². The summed E-state index contributed by atoms with van der Waals surface area (Å²) >= 11 is 0. The molecule has 0 aromatic heterocycles. The zero-order valence-corrected chi connectivity index (χ0v) is 11.7. The average molecular weight is 340 g/mol. The van der Waals surface area contributed by atoms with Crippen molar-refractivity contribution in [3.05, 3.63) is 70.8 Å². The third-order valence-electron chi connectivity index (χ3n) is 2.83. The van der Waals surface area contributed by atoms with Crippen LogP contribution in [0, 0.1) is 23.3 Å². The minimum Gasteiger partial charge on any atom is -0.273 e. The third-order valence-corrected chi connectivity index (χ3v) is 2.83. The van der Waals surface area contributed by atoms with Crippen LogP contribution >= 0.6 is 0 Å². The number of benzene rings is 2. The largest absolute Gasteiger partial charge is 0.328 e. The highest BCUT2D eigenvalue weighted by Crippen LogP contribution is 2.13. The molecule has 0 fully saturated rings. The molecule has 0 atom stereocenters. The van der Waals surface area contributed by atoms with Gasteiger partial charge < -0.3 is 0 Å². The number of carbonyl (C=O) groups is 3. The van der Waals surface area contributed by atoms with Gasteiger partial charge in [0, 0.05) is 0 Å². The first-order valence-electron chi connectivity index (χ1n) is 6.36. The molecule has 0 saturated carbocycles. The van der Waals surface area contributed by atoms with Crippen molar-refractivity contribution in [1.82, 2.24) is 10.6 Å². The lowest BCUT2D eigenvalue weighted by atomic mass is 10.2. The lowest BCUT2D eigenvalue weighted by molar-refractivity contribution is 0.0937. The number of hydrogen-bond acceptors (Lipinski definition) is 3. The predicted octanol–water partition coefficient (Wildman–Crippen LogP) is 2.52. The van der Waals surface area contributed by atoms with Gasteiger partial charge in [0.25, 0.3) is 11.8 Å². The van der Waals surface area contributed by atoms with Gasteiger partial charge in [-0.05, 0) is 24.3 Å². The SMILES string of the molecule is O=C(NC(=O)c1c(F)cccc1F)NC(=O)c1c(F)cccc1F. The van der Waals surface area contributed by atoms with Gasteiger partial charge >= 0.3 is 6.03 Å². The molecule has 4 amide bonds. The van der Waals surface area contributed by atoms with Gasteiger partial charge in [-0.2, -0.15) is 0 Å². The Balaban J connectivity index is 2.11. The Labute approximate surface area is 132 Å². The zero-order valence-electron chi connectivity index (χ0n) is 11.7. The second-order valence-electron chi connectivity index (χ2n) is 4.43. The van der Waals surface area contributed by atoms with Crippen LogP contribution in [-0.2, 0) is 0 Å². The molecule has 0 bridgehead atoms. The smallest absolute Gasteiger partial charge is 0.273 e. The molecule has 2 rings (SSSR count). The Bertz CT molecular complexity index is 731. The first kappa shape index (κ1) is 17.1. The summed E-state index contributed by atoms with van der Waals surface area (Å²) in [4.78, 5) is 34.8. The van der Waals surface area contributed by atoms with Gasteiger partial charge in [-0.1, -0.05) is 12.1 Å². The number of rotatable bonds is 2. The fraction of sp³-hybridized carbons (Fsp3) is 0. The van der Waals surface area contributed by atoms with Gasteiger partial charge in [-0.25, -0.2) is 22.4 Å². The fourth-order valence-electron chi connectivity index (χ4n) is 1.79. The van der Waals surface area contributed by atoms with Crippen LogP contribution in [0.5, 0.6) is 0 Å². The molecule has 0 spiro atoms. The molecular formula is C15H8F4N2O3. The quantitative estimate of drug-likeness (QED) is 0.825. The zero-order chi connectivity index (χ0) is 17.9. The first-order valence-corrected chi connectivity index (χ1v) is 6.36. The van der Waals surface area contributed by atoms with E-state index in [-0.39, 0.29) is 0 Å². The number of urea groups is 1. The number of imide groups is 2. The van der Waals surface area contributed by atoms with Gasteiger partial charge in [-0.15, -0.1) is 0 Å². The van der Waals surface area contributed by atoms with E-state index in [1.807, 2.05) is 0 Å². The summed E-state index contributed by atoms with van der Waals surface area (Å²) in [5.41, 5.74) is -2.09. The van der Waals surface area contributed by atoms with Gasteiger partial charge in [0.1, 0.15) is 34.4 Å². The van der Waals surface area contributed by atoms with Crippen LogP contribution in [-0.4, -0.2) is 17.8 Å². The Hall–Kier alpha value is -3.23. The van der Waals surface area contributed by atoms with E-state index in [2.05, 4.69) is 0 Å². The average Bonchev–Trinajstić information content (AvgIpc) is 2.46. The van der Waals surface area contributed by atoms with E-state index < -0.39 is 52.2 Å². The summed E-state index contributed by atoms with van der Waals surface area (Å²) in [6.07, 6.45) is 0. The molecule has 0 aliphatic heterocycles. The minimum atomic E-state index is -1.50. The lowest BCUT2D eigenvalue weighted by Crippen LogP contribution is -2.43. The van der Waals surface area contributed by atoms with E-state index >= 15 is 0 Å². The number of amides is 4. The molecule has 2 N–H and O–H groups in total. The summed E-state index contributed by atoms with van der Waals surface area (Å²) < 4.78 is 53.5. The Morgan fingerprint density at radius 3 is 1.21 bits per heavy atom. The van der Waals surface area contributed by atoms with Gasteiger partial charge in [-0.3, -0.25) is 20.2 Å². The topological polar surface area (TPSA) is 75.3 Å². The summed E-state index contributed by atoms with van der Waals surface area (Å²) in [7, 11) is 0. The van der Waals surface area contributed by atoms with E-state index in [0.717, 1.165) is 36.4 Å².